The third kappa shape index (κ3) is 5.49. The number of aromatic amines is 1. The number of Topliss-reactive ketones (excluding diaryl/α,β-unsaturated/α-hetero) is 1. The summed E-state index contributed by atoms with van der Waals surface area (Å²) in [7, 11) is 0. The second kappa shape index (κ2) is 9.09. The molecular weight excluding hydrogens is 362 g/mol. The number of thioether (sulfide) groups is 1. The van der Waals surface area contributed by atoms with E-state index in [9.17, 15) is 9.59 Å². The molecule has 0 aliphatic heterocycles. The topological polar surface area (TPSA) is 101 Å². The maximum atomic E-state index is 12.2. The first-order valence-electron chi connectivity index (χ1n) is 8.41. The zero-order valence-electron chi connectivity index (χ0n) is 14.8. The van der Waals surface area contributed by atoms with Crippen molar-refractivity contribution in [2.24, 2.45) is 0 Å². The highest BCUT2D eigenvalue weighted by Crippen LogP contribution is 2.18. The first kappa shape index (κ1) is 18.8. The Kier molecular flexibility index (Phi) is 6.32. The van der Waals surface area contributed by atoms with E-state index in [1.165, 1.54) is 18.7 Å². The van der Waals surface area contributed by atoms with Gasteiger partial charge in [-0.1, -0.05) is 42.1 Å². The normalized spacial score (nSPS) is 11.7. The van der Waals surface area contributed by atoms with Crippen molar-refractivity contribution in [1.29, 1.82) is 0 Å². The van der Waals surface area contributed by atoms with Crippen LogP contribution < -0.4 is 5.32 Å². The summed E-state index contributed by atoms with van der Waals surface area (Å²) < 4.78 is 0. The molecule has 0 saturated carbocycles. The number of nitrogens with one attached hydrogen (secondary N) is 2. The van der Waals surface area contributed by atoms with Crippen LogP contribution in [0.2, 0.25) is 0 Å². The second-order valence-electron chi connectivity index (χ2n) is 5.91. The Morgan fingerprint density at radius 1 is 1.15 bits per heavy atom. The molecule has 0 spiro atoms. The number of aromatic nitrogens is 4. The largest absolute Gasteiger partial charge is 0.345 e. The molecule has 2 heterocycles. The molecule has 0 aliphatic rings. The summed E-state index contributed by atoms with van der Waals surface area (Å²) in [6.45, 7) is 1.48. The van der Waals surface area contributed by atoms with Gasteiger partial charge < -0.3 is 5.32 Å². The summed E-state index contributed by atoms with van der Waals surface area (Å²) in [5.41, 5.74) is 1.87. The molecule has 8 heteroatoms. The summed E-state index contributed by atoms with van der Waals surface area (Å²) in [5.74, 6) is 0.444. The Labute approximate surface area is 161 Å². The van der Waals surface area contributed by atoms with E-state index in [0.29, 0.717) is 17.4 Å². The zero-order chi connectivity index (χ0) is 19.1. The molecule has 2 aromatic heterocycles. The maximum absolute atomic E-state index is 12.2. The fourth-order valence-electron chi connectivity index (χ4n) is 2.46. The Hall–Kier alpha value is -3.00. The van der Waals surface area contributed by atoms with Crippen LogP contribution in [-0.4, -0.2) is 43.7 Å². The minimum atomic E-state index is -0.542. The number of benzene rings is 1. The fraction of sp³-hybridized carbons (Fsp3) is 0.211. The Balaban J connectivity index is 1.54. The summed E-state index contributed by atoms with van der Waals surface area (Å²) in [6.07, 6.45) is 3.82. The Bertz CT molecular complexity index is 899. The van der Waals surface area contributed by atoms with E-state index in [0.717, 1.165) is 11.1 Å². The van der Waals surface area contributed by atoms with Gasteiger partial charge in [0, 0.05) is 18.0 Å². The lowest BCUT2D eigenvalue weighted by atomic mass is 10.0. The average Bonchev–Trinajstić information content (AvgIpc) is 3.16. The van der Waals surface area contributed by atoms with E-state index in [1.807, 2.05) is 42.5 Å². The standard InChI is InChI=1S/C19H19N5O2S/c1-13(25)16(11-14-5-3-2-4-6-14)21-17(26)12-27-19-22-18(23-24-19)15-7-9-20-10-8-15/h2-10,16H,11-12H2,1H3,(H,21,26)(H,22,23,24)/t16-/m0/s1. The van der Waals surface area contributed by atoms with E-state index in [-0.39, 0.29) is 17.4 Å². The SMILES string of the molecule is CC(=O)[C@H](Cc1ccccc1)NC(=O)CSc1n[nH]c(-c2ccncc2)n1. The molecule has 2 N–H and O–H groups in total. The molecule has 0 bridgehead atoms. The summed E-state index contributed by atoms with van der Waals surface area (Å²) in [6, 6.07) is 12.7. The number of pyridine rings is 1. The van der Waals surface area contributed by atoms with E-state index in [2.05, 4.69) is 25.5 Å². The number of carbonyl (C=O) groups is 2. The Morgan fingerprint density at radius 2 is 1.89 bits per heavy atom. The molecule has 0 unspecified atom stereocenters. The molecule has 0 aliphatic carbocycles. The average molecular weight is 381 g/mol. The third-order valence-corrected chi connectivity index (χ3v) is 4.71. The quantitative estimate of drug-likeness (QED) is 0.581. The van der Waals surface area contributed by atoms with Gasteiger partial charge in [0.1, 0.15) is 0 Å². The smallest absolute Gasteiger partial charge is 0.231 e. The van der Waals surface area contributed by atoms with Crippen molar-refractivity contribution < 1.29 is 9.59 Å². The van der Waals surface area contributed by atoms with Gasteiger partial charge in [-0.15, -0.1) is 5.10 Å². The van der Waals surface area contributed by atoms with Gasteiger partial charge in [0.05, 0.1) is 11.8 Å². The van der Waals surface area contributed by atoms with Crippen LogP contribution in [-0.2, 0) is 16.0 Å². The van der Waals surface area contributed by atoms with Crippen molar-refractivity contribution in [3.8, 4) is 11.4 Å². The van der Waals surface area contributed by atoms with Crippen LogP contribution in [0.1, 0.15) is 12.5 Å². The van der Waals surface area contributed by atoms with Crippen LogP contribution in [0.25, 0.3) is 11.4 Å². The van der Waals surface area contributed by atoms with Crippen molar-refractivity contribution >= 4 is 23.5 Å². The van der Waals surface area contributed by atoms with Crippen LogP contribution in [0.4, 0.5) is 0 Å². The molecule has 27 heavy (non-hydrogen) atoms. The van der Waals surface area contributed by atoms with Crippen molar-refractivity contribution in [3.05, 3.63) is 60.4 Å². The van der Waals surface area contributed by atoms with Gasteiger partial charge in [0.15, 0.2) is 11.6 Å². The molecule has 3 rings (SSSR count). The van der Waals surface area contributed by atoms with Crippen LogP contribution >= 0.6 is 11.8 Å². The van der Waals surface area contributed by atoms with E-state index >= 15 is 0 Å². The van der Waals surface area contributed by atoms with Gasteiger partial charge in [-0.05, 0) is 31.0 Å². The van der Waals surface area contributed by atoms with Gasteiger partial charge in [0.2, 0.25) is 11.1 Å². The van der Waals surface area contributed by atoms with Crippen LogP contribution in [0.15, 0.2) is 60.0 Å². The summed E-state index contributed by atoms with van der Waals surface area (Å²) >= 11 is 1.21. The molecule has 0 fully saturated rings. The Morgan fingerprint density at radius 3 is 2.59 bits per heavy atom. The fourth-order valence-corrected chi connectivity index (χ4v) is 3.07. The first-order chi connectivity index (χ1) is 13.1. The number of rotatable bonds is 8. The highest BCUT2D eigenvalue weighted by molar-refractivity contribution is 7.99. The number of ketones is 1. The van der Waals surface area contributed by atoms with Gasteiger partial charge in [-0.2, -0.15) is 0 Å². The molecule has 1 atom stereocenters. The molecule has 138 valence electrons. The van der Waals surface area contributed by atoms with Crippen LogP contribution in [0.5, 0.6) is 0 Å². The lowest BCUT2D eigenvalue weighted by Crippen LogP contribution is -2.42. The van der Waals surface area contributed by atoms with E-state index < -0.39 is 6.04 Å². The molecule has 0 radical (unpaired) electrons. The number of H-pyrrole nitrogens is 1. The van der Waals surface area contributed by atoms with Gasteiger partial charge in [0.25, 0.3) is 0 Å². The van der Waals surface area contributed by atoms with E-state index in [4.69, 9.17) is 0 Å². The first-order valence-corrected chi connectivity index (χ1v) is 9.39. The van der Waals surface area contributed by atoms with Crippen molar-refractivity contribution in [1.82, 2.24) is 25.5 Å². The van der Waals surface area contributed by atoms with Crippen LogP contribution in [0.3, 0.4) is 0 Å². The number of hydrogen-bond donors (Lipinski definition) is 2. The summed E-state index contributed by atoms with van der Waals surface area (Å²) in [5, 5.41) is 10.2. The lowest BCUT2D eigenvalue weighted by Gasteiger charge is -2.15. The monoisotopic (exact) mass is 381 g/mol. The number of nitrogens with zero attached hydrogens (tertiary/aromatic N) is 3. The van der Waals surface area contributed by atoms with Gasteiger partial charge in [-0.3, -0.25) is 19.7 Å². The van der Waals surface area contributed by atoms with Gasteiger partial charge in [-0.25, -0.2) is 4.98 Å². The highest BCUT2D eigenvalue weighted by atomic mass is 32.2. The molecular formula is C19H19N5O2S. The molecule has 7 nitrogen and oxygen atoms in total. The minimum absolute atomic E-state index is 0.0740. The number of carbonyl (C=O) groups excluding carboxylic acids is 2. The minimum Gasteiger partial charge on any atom is -0.345 e. The van der Waals surface area contributed by atoms with Gasteiger partial charge >= 0.3 is 0 Å². The second-order valence-corrected chi connectivity index (χ2v) is 6.85. The lowest BCUT2D eigenvalue weighted by molar-refractivity contribution is -0.125. The maximum Gasteiger partial charge on any atom is 0.231 e. The zero-order valence-corrected chi connectivity index (χ0v) is 15.6. The van der Waals surface area contributed by atoms with Crippen molar-refractivity contribution in [3.63, 3.8) is 0 Å². The highest BCUT2D eigenvalue weighted by Gasteiger charge is 2.18. The van der Waals surface area contributed by atoms with Crippen molar-refractivity contribution in [2.75, 3.05) is 5.75 Å². The molecule has 1 amide bonds. The summed E-state index contributed by atoms with van der Waals surface area (Å²) in [4.78, 5) is 32.4. The molecule has 1 aromatic carbocycles. The third-order valence-electron chi connectivity index (χ3n) is 3.86. The van der Waals surface area contributed by atoms with E-state index in [1.54, 1.807) is 12.4 Å². The molecule has 0 saturated heterocycles. The predicted octanol–water partition coefficient (Wildman–Crippen LogP) is 2.28. The number of amides is 1. The number of hydrogen-bond acceptors (Lipinski definition) is 6. The van der Waals surface area contributed by atoms with Crippen molar-refractivity contribution in [2.45, 2.75) is 24.5 Å². The predicted molar refractivity (Wildman–Crippen MR) is 103 cm³/mol. The molecule has 3 aromatic rings. The van der Waals surface area contributed by atoms with Crippen LogP contribution in [0, 0.1) is 0 Å².